The van der Waals surface area contributed by atoms with E-state index in [0.717, 1.165) is 10.5 Å². The van der Waals surface area contributed by atoms with Gasteiger partial charge < -0.3 is 0 Å². The lowest BCUT2D eigenvalue weighted by molar-refractivity contribution is 0.596. The molecule has 3 heterocycles. The number of aryl methyl sites for hydroxylation is 3. The Hall–Kier alpha value is -3.01. The Morgan fingerprint density at radius 3 is 2.23 bits per heavy atom. The van der Waals surface area contributed by atoms with Crippen molar-refractivity contribution >= 4 is 53.7 Å². The van der Waals surface area contributed by atoms with Gasteiger partial charge in [-0.15, -0.1) is 22.7 Å². The van der Waals surface area contributed by atoms with E-state index in [2.05, 4.69) is 108 Å². The van der Waals surface area contributed by atoms with Gasteiger partial charge in [0, 0.05) is 36.4 Å². The highest BCUT2D eigenvalue weighted by molar-refractivity contribution is 7.20. The van der Waals surface area contributed by atoms with Crippen LogP contribution < -0.4 is 0 Å². The second-order valence-electron chi connectivity index (χ2n) is 10.5. The molecule has 0 radical (unpaired) electrons. The second kappa shape index (κ2) is 8.01. The van der Waals surface area contributed by atoms with Crippen LogP contribution in [0.3, 0.4) is 0 Å². The van der Waals surface area contributed by atoms with Crippen LogP contribution in [0.4, 0.5) is 0 Å². The number of aromatic nitrogens is 1. The van der Waals surface area contributed by atoms with Crippen LogP contribution in [0.25, 0.3) is 53.5 Å². The van der Waals surface area contributed by atoms with Gasteiger partial charge in [0.1, 0.15) is 4.83 Å². The standard InChI is InChI=1S/C32H29NS2/c1-18-19(2)35-31-29(18)25(30-20(3)34-28-14-10-9-13-24(28)30)17-27(33-31)22-15-21-11-7-8-12-23(21)26(16-22)32(4,5)6/h7-17H,1-6H3. The zero-order chi connectivity index (χ0) is 24.5. The molecule has 0 saturated heterocycles. The maximum absolute atomic E-state index is 5.26. The zero-order valence-corrected chi connectivity index (χ0v) is 22.7. The van der Waals surface area contributed by atoms with E-state index in [-0.39, 0.29) is 5.41 Å². The van der Waals surface area contributed by atoms with Gasteiger partial charge in [0.2, 0.25) is 0 Å². The summed E-state index contributed by atoms with van der Waals surface area (Å²) in [6.07, 6.45) is 0. The first-order chi connectivity index (χ1) is 16.7. The van der Waals surface area contributed by atoms with Crippen molar-refractivity contribution in [2.24, 2.45) is 0 Å². The number of thiophene rings is 2. The molecular formula is C32H29NS2. The monoisotopic (exact) mass is 491 g/mol. The van der Waals surface area contributed by atoms with Crippen molar-refractivity contribution in [1.29, 1.82) is 0 Å². The van der Waals surface area contributed by atoms with Crippen molar-refractivity contribution in [3.8, 4) is 22.4 Å². The Kier molecular flexibility index (Phi) is 5.14. The second-order valence-corrected chi connectivity index (χ2v) is 13.0. The first kappa shape index (κ1) is 22.5. The van der Waals surface area contributed by atoms with Crippen molar-refractivity contribution in [3.05, 3.63) is 87.6 Å². The van der Waals surface area contributed by atoms with Crippen LogP contribution in [0, 0.1) is 20.8 Å². The summed E-state index contributed by atoms with van der Waals surface area (Å²) < 4.78 is 1.34. The Bertz CT molecular complexity index is 1760. The molecule has 0 aliphatic rings. The molecule has 0 spiro atoms. The Balaban J connectivity index is 1.70. The summed E-state index contributed by atoms with van der Waals surface area (Å²) in [6.45, 7) is 13.6. The van der Waals surface area contributed by atoms with E-state index < -0.39 is 0 Å². The van der Waals surface area contributed by atoms with Gasteiger partial charge in [-0.2, -0.15) is 0 Å². The van der Waals surface area contributed by atoms with Crippen molar-refractivity contribution in [2.75, 3.05) is 0 Å². The molecule has 6 rings (SSSR count). The maximum atomic E-state index is 5.26. The summed E-state index contributed by atoms with van der Waals surface area (Å²) in [6, 6.07) is 24.6. The zero-order valence-electron chi connectivity index (χ0n) is 21.1. The van der Waals surface area contributed by atoms with Gasteiger partial charge in [0.05, 0.1) is 5.69 Å². The number of fused-ring (bicyclic) bond motifs is 3. The lowest BCUT2D eigenvalue weighted by atomic mass is 9.82. The predicted octanol–water partition coefficient (Wildman–Crippen LogP) is 10.2. The normalized spacial score (nSPS) is 12.3. The molecule has 0 bridgehead atoms. The smallest absolute Gasteiger partial charge is 0.125 e. The number of pyridine rings is 1. The van der Waals surface area contributed by atoms with Crippen molar-refractivity contribution < 1.29 is 0 Å². The van der Waals surface area contributed by atoms with Gasteiger partial charge in [0.15, 0.2) is 0 Å². The highest BCUT2D eigenvalue weighted by atomic mass is 32.1. The van der Waals surface area contributed by atoms with Crippen LogP contribution in [0.1, 0.15) is 41.7 Å². The van der Waals surface area contributed by atoms with Gasteiger partial charge in [-0.1, -0.05) is 63.2 Å². The van der Waals surface area contributed by atoms with Crippen LogP contribution in [0.5, 0.6) is 0 Å². The van der Waals surface area contributed by atoms with Crippen LogP contribution in [0.2, 0.25) is 0 Å². The van der Waals surface area contributed by atoms with E-state index in [1.165, 1.54) is 63.8 Å². The van der Waals surface area contributed by atoms with Crippen LogP contribution in [0.15, 0.2) is 66.7 Å². The van der Waals surface area contributed by atoms with Crippen LogP contribution >= 0.6 is 22.7 Å². The Labute approximate surface area is 215 Å². The van der Waals surface area contributed by atoms with Gasteiger partial charge in [-0.05, 0) is 77.9 Å². The minimum Gasteiger partial charge on any atom is -0.237 e. The first-order valence-corrected chi connectivity index (χ1v) is 13.8. The summed E-state index contributed by atoms with van der Waals surface area (Å²) in [5.41, 5.74) is 7.67. The largest absolute Gasteiger partial charge is 0.237 e. The third kappa shape index (κ3) is 3.61. The van der Waals surface area contributed by atoms with E-state index in [1.807, 2.05) is 22.7 Å². The third-order valence-electron chi connectivity index (χ3n) is 7.15. The van der Waals surface area contributed by atoms with E-state index >= 15 is 0 Å². The summed E-state index contributed by atoms with van der Waals surface area (Å²) in [5, 5.41) is 5.24. The number of hydrogen-bond acceptors (Lipinski definition) is 3. The number of benzene rings is 3. The molecule has 0 N–H and O–H groups in total. The van der Waals surface area contributed by atoms with Crippen molar-refractivity contribution in [1.82, 2.24) is 4.98 Å². The number of hydrogen-bond donors (Lipinski definition) is 0. The molecule has 1 nitrogen and oxygen atoms in total. The summed E-state index contributed by atoms with van der Waals surface area (Å²) in [5.74, 6) is 0. The lowest BCUT2D eigenvalue weighted by Crippen LogP contribution is -2.12. The fourth-order valence-electron chi connectivity index (χ4n) is 5.28. The molecule has 6 aromatic rings. The third-order valence-corrected chi connectivity index (χ3v) is 9.33. The van der Waals surface area contributed by atoms with Crippen LogP contribution in [-0.4, -0.2) is 4.98 Å². The predicted molar refractivity (Wildman–Crippen MR) is 156 cm³/mol. The molecule has 0 atom stereocenters. The van der Waals surface area contributed by atoms with Gasteiger partial charge in [-0.3, -0.25) is 0 Å². The molecule has 3 aromatic heterocycles. The summed E-state index contributed by atoms with van der Waals surface area (Å²) >= 11 is 3.70. The molecule has 0 aliphatic carbocycles. The van der Waals surface area contributed by atoms with Crippen molar-refractivity contribution in [3.63, 3.8) is 0 Å². The summed E-state index contributed by atoms with van der Waals surface area (Å²) in [7, 11) is 0. The molecular weight excluding hydrogens is 462 g/mol. The number of nitrogens with zero attached hydrogens (tertiary/aromatic N) is 1. The Morgan fingerprint density at radius 2 is 1.46 bits per heavy atom. The first-order valence-electron chi connectivity index (χ1n) is 12.2. The van der Waals surface area contributed by atoms with E-state index in [1.54, 1.807) is 0 Å². The van der Waals surface area contributed by atoms with E-state index in [0.29, 0.717) is 0 Å². The summed E-state index contributed by atoms with van der Waals surface area (Å²) in [4.78, 5) is 9.10. The molecule has 174 valence electrons. The highest BCUT2D eigenvalue weighted by Crippen LogP contribution is 2.45. The minimum absolute atomic E-state index is 0.0405. The highest BCUT2D eigenvalue weighted by Gasteiger charge is 2.22. The molecule has 35 heavy (non-hydrogen) atoms. The number of rotatable bonds is 2. The van der Waals surface area contributed by atoms with Gasteiger partial charge in [-0.25, -0.2) is 4.98 Å². The molecule has 0 saturated carbocycles. The van der Waals surface area contributed by atoms with Crippen molar-refractivity contribution in [2.45, 2.75) is 47.0 Å². The molecule has 0 amide bonds. The topological polar surface area (TPSA) is 12.9 Å². The molecule has 0 unspecified atom stereocenters. The molecule has 3 heteroatoms. The average molecular weight is 492 g/mol. The quantitative estimate of drug-likeness (QED) is 0.235. The molecule has 3 aromatic carbocycles. The fraction of sp³-hybridized carbons (Fsp3) is 0.219. The fourth-order valence-corrected chi connectivity index (χ4v) is 7.41. The van der Waals surface area contributed by atoms with Gasteiger partial charge in [0.25, 0.3) is 0 Å². The average Bonchev–Trinajstić information content (AvgIpc) is 3.32. The van der Waals surface area contributed by atoms with Gasteiger partial charge >= 0.3 is 0 Å². The van der Waals surface area contributed by atoms with E-state index in [4.69, 9.17) is 4.98 Å². The van der Waals surface area contributed by atoms with E-state index in [9.17, 15) is 0 Å². The lowest BCUT2D eigenvalue weighted by Gasteiger charge is -2.23. The molecule has 0 aliphatic heterocycles. The van der Waals surface area contributed by atoms with Crippen LogP contribution in [-0.2, 0) is 5.41 Å². The minimum atomic E-state index is 0.0405. The molecule has 0 fully saturated rings. The SMILES string of the molecule is Cc1sc2ccccc2c1-c1cc(-c2cc(C(C)(C)C)c3ccccc3c2)nc2sc(C)c(C)c12. The maximum Gasteiger partial charge on any atom is 0.125 e. The Morgan fingerprint density at radius 1 is 0.743 bits per heavy atom.